The number of carbonyl (C=O) groups is 1. The van der Waals surface area contributed by atoms with Gasteiger partial charge in [0.15, 0.2) is 5.82 Å². The number of piperidine rings is 1. The lowest BCUT2D eigenvalue weighted by molar-refractivity contribution is 0.0933. The van der Waals surface area contributed by atoms with E-state index in [1.807, 2.05) is 30.3 Å². The Morgan fingerprint density at radius 1 is 1.23 bits per heavy atom. The van der Waals surface area contributed by atoms with E-state index in [2.05, 4.69) is 26.5 Å². The Bertz CT molecular complexity index is 1050. The van der Waals surface area contributed by atoms with Crippen LogP contribution in [0, 0.1) is 11.3 Å². The number of hydrogen-bond donors (Lipinski definition) is 2. The van der Waals surface area contributed by atoms with Gasteiger partial charge in [-0.3, -0.25) is 9.89 Å². The summed E-state index contributed by atoms with van der Waals surface area (Å²) in [5.41, 5.74) is 3.09. The van der Waals surface area contributed by atoms with Crippen molar-refractivity contribution in [3.05, 3.63) is 65.7 Å². The highest BCUT2D eigenvalue weighted by molar-refractivity contribution is 5.94. The first-order chi connectivity index (χ1) is 14.7. The average molecular weight is 401 g/mol. The summed E-state index contributed by atoms with van der Waals surface area (Å²) in [6.45, 7) is 1.60. The molecule has 2 N–H and O–H groups in total. The number of amides is 1. The van der Waals surface area contributed by atoms with Crippen LogP contribution in [-0.2, 0) is 0 Å². The minimum absolute atomic E-state index is 0.0445. The Morgan fingerprint density at radius 3 is 2.70 bits per heavy atom. The van der Waals surface area contributed by atoms with E-state index in [1.165, 1.54) is 0 Å². The number of aromatic nitrogens is 2. The molecule has 7 nitrogen and oxygen atoms in total. The highest BCUT2D eigenvalue weighted by Crippen LogP contribution is 2.25. The Hall–Kier alpha value is -3.79. The molecule has 1 fully saturated rings. The molecule has 152 valence electrons. The summed E-state index contributed by atoms with van der Waals surface area (Å²) in [5, 5.41) is 19.6. The molecule has 0 radical (unpaired) electrons. The zero-order chi connectivity index (χ0) is 20.9. The summed E-state index contributed by atoms with van der Waals surface area (Å²) < 4.78 is 5.21. The second-order valence-electron chi connectivity index (χ2n) is 7.32. The van der Waals surface area contributed by atoms with E-state index >= 15 is 0 Å². The lowest BCUT2D eigenvalue weighted by Crippen LogP contribution is -2.48. The van der Waals surface area contributed by atoms with Gasteiger partial charge in [0, 0.05) is 30.8 Å². The molecule has 1 unspecified atom stereocenters. The fraction of sp³-hybridized carbons (Fsp3) is 0.261. The molecule has 0 spiro atoms. The van der Waals surface area contributed by atoms with Crippen LogP contribution in [0.2, 0.25) is 0 Å². The van der Waals surface area contributed by atoms with Gasteiger partial charge in [-0.25, -0.2) is 0 Å². The quantitative estimate of drug-likeness (QED) is 0.684. The van der Waals surface area contributed by atoms with E-state index in [4.69, 9.17) is 10.00 Å². The van der Waals surface area contributed by atoms with Crippen LogP contribution in [0.25, 0.3) is 11.3 Å². The van der Waals surface area contributed by atoms with Crippen LogP contribution in [-0.4, -0.2) is 42.3 Å². The predicted octanol–water partition coefficient (Wildman–Crippen LogP) is 3.36. The number of nitrogens with zero attached hydrogens (tertiary/aromatic N) is 3. The predicted molar refractivity (Wildman–Crippen MR) is 114 cm³/mol. The zero-order valence-corrected chi connectivity index (χ0v) is 16.8. The minimum Gasteiger partial charge on any atom is -0.497 e. The van der Waals surface area contributed by atoms with Gasteiger partial charge in [0.2, 0.25) is 0 Å². The Balaban J connectivity index is 1.40. The van der Waals surface area contributed by atoms with E-state index in [1.54, 1.807) is 31.4 Å². The molecule has 7 heteroatoms. The van der Waals surface area contributed by atoms with E-state index in [0.717, 1.165) is 42.2 Å². The highest BCUT2D eigenvalue weighted by atomic mass is 16.5. The van der Waals surface area contributed by atoms with Crippen molar-refractivity contribution in [1.82, 2.24) is 15.5 Å². The number of hydrogen-bond acceptors (Lipinski definition) is 5. The number of aromatic amines is 1. The van der Waals surface area contributed by atoms with Gasteiger partial charge >= 0.3 is 0 Å². The van der Waals surface area contributed by atoms with E-state index < -0.39 is 0 Å². The molecular formula is C23H23N5O2. The van der Waals surface area contributed by atoms with Crippen molar-refractivity contribution in [2.45, 2.75) is 18.9 Å². The first-order valence-corrected chi connectivity index (χ1v) is 9.92. The van der Waals surface area contributed by atoms with Gasteiger partial charge < -0.3 is 15.0 Å². The summed E-state index contributed by atoms with van der Waals surface area (Å²) in [6, 6.07) is 18.7. The Labute approximate surface area is 175 Å². The molecule has 2 aromatic carbocycles. The number of benzene rings is 2. The van der Waals surface area contributed by atoms with Gasteiger partial charge in [-0.05, 0) is 66.9 Å². The molecule has 2 heterocycles. The van der Waals surface area contributed by atoms with Crippen LogP contribution in [0.1, 0.15) is 28.8 Å². The zero-order valence-electron chi connectivity index (χ0n) is 16.8. The SMILES string of the molecule is COc1ccc(-c2cc(N3CCCC(NC(=O)c4ccc(C#N)cc4)C3)n[nH]2)cc1. The lowest BCUT2D eigenvalue weighted by Gasteiger charge is -2.33. The molecule has 1 aromatic heterocycles. The number of carbonyl (C=O) groups excluding carboxylic acids is 1. The van der Waals surface area contributed by atoms with Crippen molar-refractivity contribution in [3.8, 4) is 23.1 Å². The largest absolute Gasteiger partial charge is 0.497 e. The molecular weight excluding hydrogens is 378 g/mol. The second kappa shape index (κ2) is 8.70. The fourth-order valence-electron chi connectivity index (χ4n) is 3.66. The highest BCUT2D eigenvalue weighted by Gasteiger charge is 2.23. The third-order valence-electron chi connectivity index (χ3n) is 5.32. The summed E-state index contributed by atoms with van der Waals surface area (Å²) in [7, 11) is 1.65. The molecule has 1 aliphatic rings. The number of nitriles is 1. The van der Waals surface area contributed by atoms with Crippen LogP contribution >= 0.6 is 0 Å². The molecule has 1 amide bonds. The molecule has 1 saturated heterocycles. The Kier molecular flexibility index (Phi) is 5.66. The van der Waals surface area contributed by atoms with Gasteiger partial charge in [0.25, 0.3) is 5.91 Å². The molecule has 1 atom stereocenters. The number of ether oxygens (including phenoxy) is 1. The van der Waals surface area contributed by atoms with Gasteiger partial charge in [0.1, 0.15) is 5.75 Å². The maximum Gasteiger partial charge on any atom is 0.251 e. The molecule has 0 aliphatic carbocycles. The normalized spacial score (nSPS) is 16.0. The molecule has 0 bridgehead atoms. The summed E-state index contributed by atoms with van der Waals surface area (Å²) in [6.07, 6.45) is 1.90. The van der Waals surface area contributed by atoms with Crippen molar-refractivity contribution in [2.24, 2.45) is 0 Å². The first kappa shape index (κ1) is 19.5. The maximum absolute atomic E-state index is 12.6. The third kappa shape index (κ3) is 4.28. The van der Waals surface area contributed by atoms with Crippen molar-refractivity contribution in [3.63, 3.8) is 0 Å². The molecule has 3 aromatic rings. The topological polar surface area (TPSA) is 94.0 Å². The van der Waals surface area contributed by atoms with Crippen molar-refractivity contribution in [2.75, 3.05) is 25.1 Å². The third-order valence-corrected chi connectivity index (χ3v) is 5.32. The van der Waals surface area contributed by atoms with Crippen LogP contribution in [0.4, 0.5) is 5.82 Å². The molecule has 1 aliphatic heterocycles. The molecule has 30 heavy (non-hydrogen) atoms. The van der Waals surface area contributed by atoms with E-state index in [9.17, 15) is 4.79 Å². The standard InChI is InChI=1S/C23H23N5O2/c1-30-20-10-8-17(9-11-20)21-13-22(27-26-21)28-12-2-3-19(15-28)25-23(29)18-6-4-16(14-24)5-7-18/h4-11,13,19H,2-3,12,15H2,1H3,(H,25,29)(H,26,27). The van der Waals surface area contributed by atoms with Crippen molar-refractivity contribution >= 4 is 11.7 Å². The van der Waals surface area contributed by atoms with E-state index in [0.29, 0.717) is 17.7 Å². The fourth-order valence-corrected chi connectivity index (χ4v) is 3.66. The monoisotopic (exact) mass is 401 g/mol. The minimum atomic E-state index is -0.118. The second-order valence-corrected chi connectivity index (χ2v) is 7.32. The van der Waals surface area contributed by atoms with Gasteiger partial charge in [-0.1, -0.05) is 0 Å². The maximum atomic E-state index is 12.6. The molecule has 0 saturated carbocycles. The van der Waals surface area contributed by atoms with Crippen LogP contribution < -0.4 is 15.0 Å². The van der Waals surface area contributed by atoms with E-state index in [-0.39, 0.29) is 11.9 Å². The average Bonchev–Trinajstić information content (AvgIpc) is 3.30. The number of H-pyrrole nitrogens is 1. The number of nitrogens with one attached hydrogen (secondary N) is 2. The number of rotatable bonds is 5. The van der Waals surface area contributed by atoms with Crippen LogP contribution in [0.3, 0.4) is 0 Å². The molecule has 4 rings (SSSR count). The number of methoxy groups -OCH3 is 1. The van der Waals surface area contributed by atoms with Crippen molar-refractivity contribution in [1.29, 1.82) is 5.26 Å². The lowest BCUT2D eigenvalue weighted by atomic mass is 10.0. The van der Waals surface area contributed by atoms with Crippen LogP contribution in [0.15, 0.2) is 54.6 Å². The summed E-state index contributed by atoms with van der Waals surface area (Å²) in [5.74, 6) is 1.57. The summed E-state index contributed by atoms with van der Waals surface area (Å²) >= 11 is 0. The first-order valence-electron chi connectivity index (χ1n) is 9.92. The van der Waals surface area contributed by atoms with Gasteiger partial charge in [-0.15, -0.1) is 0 Å². The van der Waals surface area contributed by atoms with Crippen LogP contribution in [0.5, 0.6) is 5.75 Å². The van der Waals surface area contributed by atoms with Crippen molar-refractivity contribution < 1.29 is 9.53 Å². The Morgan fingerprint density at radius 2 is 2.00 bits per heavy atom. The van der Waals surface area contributed by atoms with Gasteiger partial charge in [0.05, 0.1) is 24.4 Å². The number of anilines is 1. The van der Waals surface area contributed by atoms with Gasteiger partial charge in [-0.2, -0.15) is 10.4 Å². The summed E-state index contributed by atoms with van der Waals surface area (Å²) in [4.78, 5) is 14.7. The smallest absolute Gasteiger partial charge is 0.251 e.